The normalized spacial score (nSPS) is 9.75. The van der Waals surface area contributed by atoms with E-state index < -0.39 is 0 Å². The van der Waals surface area contributed by atoms with Gasteiger partial charge in [0, 0.05) is 0 Å². The molecule has 0 unspecified atom stereocenters. The summed E-state index contributed by atoms with van der Waals surface area (Å²) in [6.45, 7) is 5.25. The molecule has 0 rings (SSSR count). The molecule has 0 aliphatic heterocycles. The van der Waals surface area contributed by atoms with Gasteiger partial charge in [0.1, 0.15) is 12.5 Å². The van der Waals surface area contributed by atoms with Crippen molar-refractivity contribution < 1.29 is 9.47 Å². The molecule has 0 amide bonds. The molecular weight excluding hydrogens is 104 g/mol. The van der Waals surface area contributed by atoms with Crippen molar-refractivity contribution in [1.82, 2.24) is 0 Å². The van der Waals surface area contributed by atoms with Crippen molar-refractivity contribution in [3.63, 3.8) is 0 Å². The molecule has 48 valence electrons. The topological polar surface area (TPSA) is 18.5 Å². The van der Waals surface area contributed by atoms with Gasteiger partial charge in [-0.3, -0.25) is 0 Å². The van der Waals surface area contributed by atoms with E-state index >= 15 is 0 Å². The van der Waals surface area contributed by atoms with Crippen LogP contribution >= 0.6 is 0 Å². The Morgan fingerprint density at radius 2 is 1.38 bits per heavy atom. The smallest absolute Gasteiger partial charge is 0.117 e. The van der Waals surface area contributed by atoms with Gasteiger partial charge in [-0.2, -0.15) is 0 Å². The van der Waals surface area contributed by atoms with Gasteiger partial charge < -0.3 is 9.47 Å². The van der Waals surface area contributed by atoms with Crippen LogP contribution in [0.15, 0.2) is 12.5 Å². The molecule has 0 fully saturated rings. The van der Waals surface area contributed by atoms with Crippen LogP contribution in [0.3, 0.4) is 0 Å². The van der Waals surface area contributed by atoms with Crippen molar-refractivity contribution in [2.75, 3.05) is 13.2 Å². The van der Waals surface area contributed by atoms with Crippen LogP contribution in [0.1, 0.15) is 13.8 Å². The molecule has 0 aromatic heterocycles. The molecule has 0 radical (unpaired) electrons. The van der Waals surface area contributed by atoms with Crippen LogP contribution in [0.25, 0.3) is 0 Å². The van der Waals surface area contributed by atoms with E-state index in [1.807, 2.05) is 13.8 Å². The minimum atomic E-state index is 0.698. The number of hydrogen-bond donors (Lipinski definition) is 0. The summed E-state index contributed by atoms with van der Waals surface area (Å²) in [7, 11) is 0. The van der Waals surface area contributed by atoms with Gasteiger partial charge in [-0.25, -0.2) is 0 Å². The average Bonchev–Trinajstić information content (AvgIpc) is 1.81. The van der Waals surface area contributed by atoms with Crippen LogP contribution in [0, 0.1) is 0 Å². The quantitative estimate of drug-likeness (QED) is 0.518. The third-order valence-corrected chi connectivity index (χ3v) is 0.581. The van der Waals surface area contributed by atoms with E-state index in [-0.39, 0.29) is 0 Å². The summed E-state index contributed by atoms with van der Waals surface area (Å²) in [6, 6.07) is 0. The van der Waals surface area contributed by atoms with E-state index in [1.54, 1.807) is 12.5 Å². The maximum Gasteiger partial charge on any atom is 0.117 e. The first-order chi connectivity index (χ1) is 3.91. The summed E-state index contributed by atoms with van der Waals surface area (Å²) in [5.41, 5.74) is 0. The fraction of sp³-hybridized carbons (Fsp3) is 0.667. The number of rotatable bonds is 4. The molecule has 0 aliphatic carbocycles. The summed E-state index contributed by atoms with van der Waals surface area (Å²) in [5, 5.41) is 0. The van der Waals surface area contributed by atoms with Crippen LogP contribution in [0.5, 0.6) is 0 Å². The molecule has 0 bridgehead atoms. The molecule has 2 nitrogen and oxygen atoms in total. The summed E-state index contributed by atoms with van der Waals surface area (Å²) in [5.74, 6) is 0. The van der Waals surface area contributed by atoms with Crippen molar-refractivity contribution in [3.8, 4) is 0 Å². The minimum absolute atomic E-state index is 0.698. The number of hydrogen-bond acceptors (Lipinski definition) is 2. The molecule has 8 heavy (non-hydrogen) atoms. The van der Waals surface area contributed by atoms with Gasteiger partial charge in [0.05, 0.1) is 13.2 Å². The highest BCUT2D eigenvalue weighted by Crippen LogP contribution is 1.77. The monoisotopic (exact) mass is 116 g/mol. The molecule has 0 aliphatic rings. The highest BCUT2D eigenvalue weighted by atomic mass is 16.5. The summed E-state index contributed by atoms with van der Waals surface area (Å²) >= 11 is 0. The first-order valence-electron chi connectivity index (χ1n) is 2.80. The Labute approximate surface area is 50.1 Å². The second-order valence-corrected chi connectivity index (χ2v) is 1.18. The van der Waals surface area contributed by atoms with E-state index in [1.165, 1.54) is 0 Å². The fourth-order valence-electron chi connectivity index (χ4n) is 0.271. The molecule has 0 aromatic carbocycles. The van der Waals surface area contributed by atoms with Crippen molar-refractivity contribution in [3.05, 3.63) is 12.5 Å². The Hall–Kier alpha value is -0.660. The van der Waals surface area contributed by atoms with Crippen molar-refractivity contribution >= 4 is 0 Å². The van der Waals surface area contributed by atoms with Gasteiger partial charge in [0.25, 0.3) is 0 Å². The van der Waals surface area contributed by atoms with Gasteiger partial charge in [0.2, 0.25) is 0 Å². The van der Waals surface area contributed by atoms with E-state index in [9.17, 15) is 0 Å². The standard InChI is InChI=1S/C6H12O2/c1-3-7-5-6-8-4-2/h5-6H,3-4H2,1-2H3/b6-5+. The highest BCUT2D eigenvalue weighted by molar-refractivity contribution is 4.59. The predicted octanol–water partition coefficient (Wildman–Crippen LogP) is 1.53. The Balaban J connectivity index is 2.83. The lowest BCUT2D eigenvalue weighted by molar-refractivity contribution is 0.221. The number of ether oxygens (including phenoxy) is 2. The maximum absolute atomic E-state index is 4.83. The second kappa shape index (κ2) is 6.34. The zero-order chi connectivity index (χ0) is 6.24. The van der Waals surface area contributed by atoms with Crippen LogP contribution < -0.4 is 0 Å². The van der Waals surface area contributed by atoms with Crippen molar-refractivity contribution in [2.24, 2.45) is 0 Å². The second-order valence-electron chi connectivity index (χ2n) is 1.18. The summed E-state index contributed by atoms with van der Waals surface area (Å²) < 4.78 is 9.66. The van der Waals surface area contributed by atoms with Gasteiger partial charge in [-0.15, -0.1) is 0 Å². The van der Waals surface area contributed by atoms with Gasteiger partial charge >= 0.3 is 0 Å². The van der Waals surface area contributed by atoms with E-state index in [0.717, 1.165) is 0 Å². The Kier molecular flexibility index (Phi) is 5.82. The zero-order valence-corrected chi connectivity index (χ0v) is 5.39. The fourth-order valence-corrected chi connectivity index (χ4v) is 0.271. The van der Waals surface area contributed by atoms with E-state index in [4.69, 9.17) is 9.47 Å². The van der Waals surface area contributed by atoms with Crippen molar-refractivity contribution in [2.45, 2.75) is 13.8 Å². The van der Waals surface area contributed by atoms with E-state index in [2.05, 4.69) is 0 Å². The van der Waals surface area contributed by atoms with Crippen LogP contribution in [0.2, 0.25) is 0 Å². The molecule has 0 N–H and O–H groups in total. The van der Waals surface area contributed by atoms with Crippen LogP contribution in [0.4, 0.5) is 0 Å². The Bertz CT molecular complexity index is 51.5. The first-order valence-corrected chi connectivity index (χ1v) is 2.80. The Morgan fingerprint density at radius 1 is 1.00 bits per heavy atom. The molecule has 2 heteroatoms. The molecule has 0 aromatic rings. The molecule has 0 heterocycles. The van der Waals surface area contributed by atoms with Gasteiger partial charge in [-0.1, -0.05) is 0 Å². The lowest BCUT2D eigenvalue weighted by atomic mass is 10.8. The van der Waals surface area contributed by atoms with Crippen LogP contribution in [-0.2, 0) is 9.47 Å². The lowest BCUT2D eigenvalue weighted by Crippen LogP contribution is -1.80. The molecule has 0 saturated heterocycles. The SMILES string of the molecule is CCO/C=C/OCC. The van der Waals surface area contributed by atoms with Crippen LogP contribution in [-0.4, -0.2) is 13.2 Å². The third kappa shape index (κ3) is 5.34. The van der Waals surface area contributed by atoms with Gasteiger partial charge in [0.15, 0.2) is 0 Å². The highest BCUT2D eigenvalue weighted by Gasteiger charge is 1.68. The van der Waals surface area contributed by atoms with Crippen molar-refractivity contribution in [1.29, 1.82) is 0 Å². The first kappa shape index (κ1) is 7.34. The lowest BCUT2D eigenvalue weighted by Gasteiger charge is -1.92. The third-order valence-electron chi connectivity index (χ3n) is 0.581. The minimum Gasteiger partial charge on any atom is -0.498 e. The molecular formula is C6H12O2. The molecule has 0 saturated carbocycles. The Morgan fingerprint density at radius 3 is 1.62 bits per heavy atom. The zero-order valence-electron chi connectivity index (χ0n) is 5.39. The maximum atomic E-state index is 4.83. The van der Waals surface area contributed by atoms with Gasteiger partial charge in [-0.05, 0) is 13.8 Å². The summed E-state index contributed by atoms with van der Waals surface area (Å²) in [4.78, 5) is 0. The summed E-state index contributed by atoms with van der Waals surface area (Å²) in [6.07, 6.45) is 3.09. The predicted molar refractivity (Wildman–Crippen MR) is 32.4 cm³/mol. The van der Waals surface area contributed by atoms with E-state index in [0.29, 0.717) is 13.2 Å². The largest absolute Gasteiger partial charge is 0.498 e. The molecule has 0 spiro atoms. The average molecular weight is 116 g/mol. The molecule has 0 atom stereocenters.